The minimum atomic E-state index is -0.461. The van der Waals surface area contributed by atoms with E-state index in [0.717, 1.165) is 13.0 Å². The maximum atomic E-state index is 13.3. The molecular weight excluding hydrogens is 259 g/mol. The molecule has 0 aliphatic rings. The first-order valence-electron chi connectivity index (χ1n) is 6.88. The van der Waals surface area contributed by atoms with E-state index < -0.39 is 5.82 Å². The summed E-state index contributed by atoms with van der Waals surface area (Å²) in [4.78, 5) is 13.8. The van der Waals surface area contributed by atoms with Gasteiger partial charge in [0, 0.05) is 19.1 Å². The molecule has 5 heteroatoms. The Balaban J connectivity index is 2.23. The van der Waals surface area contributed by atoms with Crippen LogP contribution in [0, 0.1) is 5.82 Å². The molecule has 1 atom stereocenters. The second-order valence-corrected chi connectivity index (χ2v) is 4.81. The van der Waals surface area contributed by atoms with Crippen molar-refractivity contribution in [3.05, 3.63) is 30.1 Å². The maximum absolute atomic E-state index is 13.3. The lowest BCUT2D eigenvalue weighted by atomic mass is 10.2. The van der Waals surface area contributed by atoms with Gasteiger partial charge in [-0.3, -0.25) is 4.79 Å². The van der Waals surface area contributed by atoms with Crippen molar-refractivity contribution in [3.63, 3.8) is 0 Å². The van der Waals surface area contributed by atoms with Crippen molar-refractivity contribution in [2.45, 2.75) is 26.3 Å². The molecule has 0 heterocycles. The van der Waals surface area contributed by atoms with Crippen molar-refractivity contribution < 1.29 is 13.9 Å². The minimum Gasteiger partial charge on any atom is -0.481 e. The fourth-order valence-electron chi connectivity index (χ4n) is 1.66. The van der Waals surface area contributed by atoms with Gasteiger partial charge in [0.05, 0.1) is 0 Å². The molecule has 1 N–H and O–H groups in total. The monoisotopic (exact) mass is 282 g/mol. The van der Waals surface area contributed by atoms with Crippen molar-refractivity contribution in [2.75, 3.05) is 26.7 Å². The highest BCUT2D eigenvalue weighted by atomic mass is 19.1. The Morgan fingerprint density at radius 2 is 2.15 bits per heavy atom. The summed E-state index contributed by atoms with van der Waals surface area (Å²) in [5.74, 6) is -0.609. The number of para-hydroxylation sites is 1. The lowest BCUT2D eigenvalue weighted by Crippen LogP contribution is -2.38. The zero-order chi connectivity index (χ0) is 15.0. The average Bonchev–Trinajstić information content (AvgIpc) is 2.45. The van der Waals surface area contributed by atoms with E-state index in [1.54, 1.807) is 12.1 Å². The third-order valence-corrected chi connectivity index (χ3v) is 3.33. The molecule has 0 aliphatic carbocycles. The largest absolute Gasteiger partial charge is 0.481 e. The molecule has 112 valence electrons. The number of halogens is 1. The van der Waals surface area contributed by atoms with Crippen molar-refractivity contribution >= 4 is 5.91 Å². The molecule has 0 spiro atoms. The van der Waals surface area contributed by atoms with Crippen LogP contribution >= 0.6 is 0 Å². The Kier molecular flexibility index (Phi) is 7.01. The average molecular weight is 282 g/mol. The highest BCUT2D eigenvalue weighted by Gasteiger charge is 2.08. The Morgan fingerprint density at radius 3 is 2.80 bits per heavy atom. The molecule has 20 heavy (non-hydrogen) atoms. The van der Waals surface area contributed by atoms with E-state index in [0.29, 0.717) is 12.6 Å². The number of likely N-dealkylation sites (N-methyl/N-ethyl adjacent to an activating group) is 1. The SMILES string of the molecule is CC[C@H](C)N(C)CCNC(=O)COc1ccccc1F. The summed E-state index contributed by atoms with van der Waals surface area (Å²) >= 11 is 0. The third kappa shape index (κ3) is 5.57. The number of hydrogen-bond acceptors (Lipinski definition) is 3. The van der Waals surface area contributed by atoms with Gasteiger partial charge in [-0.2, -0.15) is 0 Å². The van der Waals surface area contributed by atoms with Gasteiger partial charge in [-0.15, -0.1) is 0 Å². The van der Waals surface area contributed by atoms with Gasteiger partial charge >= 0.3 is 0 Å². The van der Waals surface area contributed by atoms with E-state index in [1.807, 2.05) is 7.05 Å². The fraction of sp³-hybridized carbons (Fsp3) is 0.533. The van der Waals surface area contributed by atoms with Gasteiger partial charge in [-0.25, -0.2) is 4.39 Å². The van der Waals surface area contributed by atoms with Crippen LogP contribution in [0.25, 0.3) is 0 Å². The molecular formula is C15H23FN2O2. The van der Waals surface area contributed by atoms with Gasteiger partial charge < -0.3 is 15.0 Å². The van der Waals surface area contributed by atoms with Gasteiger partial charge in [0.1, 0.15) is 0 Å². The first kappa shape index (κ1) is 16.4. The Hall–Kier alpha value is -1.62. The van der Waals surface area contributed by atoms with E-state index in [9.17, 15) is 9.18 Å². The van der Waals surface area contributed by atoms with Gasteiger partial charge in [0.15, 0.2) is 18.2 Å². The summed E-state index contributed by atoms with van der Waals surface area (Å²) < 4.78 is 18.4. The first-order chi connectivity index (χ1) is 9.54. The number of carbonyl (C=O) groups is 1. The van der Waals surface area contributed by atoms with Crippen molar-refractivity contribution in [3.8, 4) is 5.75 Å². The standard InChI is InChI=1S/C15H23FN2O2/c1-4-12(2)18(3)10-9-17-15(19)11-20-14-8-6-5-7-13(14)16/h5-8,12H,4,9-11H2,1-3H3,(H,17,19)/t12-/m0/s1. The molecule has 0 radical (unpaired) electrons. The Labute approximate surface area is 119 Å². The van der Waals surface area contributed by atoms with Crippen LogP contribution in [0.1, 0.15) is 20.3 Å². The second-order valence-electron chi connectivity index (χ2n) is 4.81. The van der Waals surface area contributed by atoms with Crippen LogP contribution in [0.2, 0.25) is 0 Å². The number of rotatable bonds is 8. The van der Waals surface area contributed by atoms with Crippen LogP contribution in [-0.4, -0.2) is 43.6 Å². The Morgan fingerprint density at radius 1 is 1.45 bits per heavy atom. The number of benzene rings is 1. The molecule has 0 aromatic heterocycles. The summed E-state index contributed by atoms with van der Waals surface area (Å²) in [5, 5.41) is 2.75. The molecule has 0 unspecified atom stereocenters. The normalized spacial score (nSPS) is 12.2. The molecule has 1 rings (SSSR count). The van der Waals surface area contributed by atoms with Crippen molar-refractivity contribution in [1.29, 1.82) is 0 Å². The lowest BCUT2D eigenvalue weighted by molar-refractivity contribution is -0.123. The highest BCUT2D eigenvalue weighted by Crippen LogP contribution is 2.14. The summed E-state index contributed by atoms with van der Waals surface area (Å²) in [6.07, 6.45) is 1.07. The molecule has 1 aromatic rings. The molecule has 1 amide bonds. The zero-order valence-corrected chi connectivity index (χ0v) is 12.4. The van der Waals surface area contributed by atoms with Crippen LogP contribution in [0.3, 0.4) is 0 Å². The van der Waals surface area contributed by atoms with Crippen LogP contribution in [0.15, 0.2) is 24.3 Å². The molecule has 0 bridgehead atoms. The number of amides is 1. The van der Waals surface area contributed by atoms with Gasteiger partial charge in [0.2, 0.25) is 0 Å². The number of ether oxygens (including phenoxy) is 1. The quantitative estimate of drug-likeness (QED) is 0.793. The first-order valence-corrected chi connectivity index (χ1v) is 6.88. The number of nitrogens with zero attached hydrogens (tertiary/aromatic N) is 1. The van der Waals surface area contributed by atoms with Crippen molar-refractivity contribution in [1.82, 2.24) is 10.2 Å². The molecule has 0 saturated carbocycles. The van der Waals surface area contributed by atoms with Crippen LogP contribution in [0.4, 0.5) is 4.39 Å². The maximum Gasteiger partial charge on any atom is 0.257 e. The lowest BCUT2D eigenvalue weighted by Gasteiger charge is -2.23. The van der Waals surface area contributed by atoms with Crippen LogP contribution in [0.5, 0.6) is 5.75 Å². The number of hydrogen-bond donors (Lipinski definition) is 1. The van der Waals surface area contributed by atoms with Crippen LogP contribution < -0.4 is 10.1 Å². The summed E-state index contributed by atoms with van der Waals surface area (Å²) in [6, 6.07) is 6.53. The highest BCUT2D eigenvalue weighted by molar-refractivity contribution is 5.77. The molecule has 4 nitrogen and oxygen atoms in total. The fourth-order valence-corrected chi connectivity index (χ4v) is 1.66. The van der Waals surface area contributed by atoms with Gasteiger partial charge in [-0.1, -0.05) is 19.1 Å². The van der Waals surface area contributed by atoms with E-state index in [1.165, 1.54) is 12.1 Å². The predicted molar refractivity (Wildman–Crippen MR) is 77.3 cm³/mol. The van der Waals surface area contributed by atoms with Gasteiger partial charge in [-0.05, 0) is 32.5 Å². The summed E-state index contributed by atoms with van der Waals surface area (Å²) in [7, 11) is 2.02. The van der Waals surface area contributed by atoms with Crippen molar-refractivity contribution in [2.24, 2.45) is 0 Å². The molecule has 0 aliphatic heterocycles. The topological polar surface area (TPSA) is 41.6 Å². The number of nitrogens with one attached hydrogen (secondary N) is 1. The molecule has 0 saturated heterocycles. The molecule has 1 aromatic carbocycles. The third-order valence-electron chi connectivity index (χ3n) is 3.33. The van der Waals surface area contributed by atoms with E-state index in [2.05, 4.69) is 24.1 Å². The predicted octanol–water partition coefficient (Wildman–Crippen LogP) is 2.05. The van der Waals surface area contributed by atoms with E-state index in [-0.39, 0.29) is 18.3 Å². The second kappa shape index (κ2) is 8.53. The smallest absolute Gasteiger partial charge is 0.257 e. The van der Waals surface area contributed by atoms with Gasteiger partial charge in [0.25, 0.3) is 5.91 Å². The minimum absolute atomic E-state index is 0.0966. The molecule has 0 fully saturated rings. The summed E-state index contributed by atoms with van der Waals surface area (Å²) in [6.45, 7) is 5.43. The van der Waals surface area contributed by atoms with E-state index in [4.69, 9.17) is 4.74 Å². The number of carbonyl (C=O) groups excluding carboxylic acids is 1. The zero-order valence-electron chi connectivity index (χ0n) is 12.4. The van der Waals surface area contributed by atoms with Crippen LogP contribution in [-0.2, 0) is 4.79 Å². The Bertz CT molecular complexity index is 426. The van der Waals surface area contributed by atoms with E-state index >= 15 is 0 Å². The summed E-state index contributed by atoms with van der Waals surface area (Å²) in [5.41, 5.74) is 0.